The lowest BCUT2D eigenvalue weighted by atomic mass is 9.85. The summed E-state index contributed by atoms with van der Waals surface area (Å²) in [6.07, 6.45) is 0.237. The number of carbonyl (C=O) groups excluding carboxylic acids is 1. The van der Waals surface area contributed by atoms with Gasteiger partial charge in [-0.05, 0) is 24.5 Å². The number of carbonyl (C=O) groups is 1. The van der Waals surface area contributed by atoms with Gasteiger partial charge in [0.15, 0.2) is 0 Å². The minimum absolute atomic E-state index is 0.0932. The minimum atomic E-state index is -0.545. The van der Waals surface area contributed by atoms with Gasteiger partial charge in [-0.15, -0.1) is 0 Å². The Labute approximate surface area is 94.4 Å². The van der Waals surface area contributed by atoms with E-state index in [1.807, 2.05) is 0 Å². The predicted molar refractivity (Wildman–Crippen MR) is 58.2 cm³/mol. The highest BCUT2D eigenvalue weighted by Gasteiger charge is 2.49. The highest BCUT2D eigenvalue weighted by Crippen LogP contribution is 2.50. The van der Waals surface area contributed by atoms with Crippen molar-refractivity contribution < 1.29 is 14.3 Å². The molecule has 0 radical (unpaired) electrons. The average Bonchev–Trinajstić information content (AvgIpc) is 2.52. The molecular formula is C13H14O3. The average molecular weight is 218 g/mol. The van der Waals surface area contributed by atoms with Crippen LogP contribution in [0.3, 0.4) is 0 Å². The van der Waals surface area contributed by atoms with Crippen molar-refractivity contribution in [2.45, 2.75) is 26.4 Å². The first-order valence-corrected chi connectivity index (χ1v) is 5.51. The summed E-state index contributed by atoms with van der Waals surface area (Å²) >= 11 is 0. The lowest BCUT2D eigenvalue weighted by molar-refractivity contribution is -0.0962. The molecule has 2 unspecified atom stereocenters. The topological polar surface area (TPSA) is 35.5 Å². The Morgan fingerprint density at radius 2 is 2.25 bits per heavy atom. The molecule has 1 fully saturated rings. The second-order valence-electron chi connectivity index (χ2n) is 5.07. The van der Waals surface area contributed by atoms with Crippen LogP contribution in [-0.2, 0) is 15.9 Å². The number of aryl methyl sites for hydroxylation is 1. The zero-order chi connectivity index (χ0) is 11.3. The van der Waals surface area contributed by atoms with E-state index in [9.17, 15) is 4.79 Å². The van der Waals surface area contributed by atoms with Crippen molar-refractivity contribution in [3.8, 4) is 0 Å². The van der Waals surface area contributed by atoms with Crippen LogP contribution in [0.25, 0.3) is 0 Å². The Morgan fingerprint density at radius 3 is 3.06 bits per heavy atom. The third-order valence-electron chi connectivity index (χ3n) is 3.54. The molecule has 0 amide bonds. The largest absolute Gasteiger partial charge is 0.508 e. The molecule has 0 aromatic heterocycles. The molecule has 2 atom stereocenters. The molecule has 1 heterocycles. The second kappa shape index (κ2) is 3.00. The number of hydrogen-bond donors (Lipinski definition) is 0. The fourth-order valence-electron chi connectivity index (χ4n) is 2.71. The Kier molecular flexibility index (Phi) is 1.82. The zero-order valence-electron chi connectivity index (χ0n) is 9.45. The van der Waals surface area contributed by atoms with Crippen LogP contribution < -0.4 is 0 Å². The van der Waals surface area contributed by atoms with Crippen LogP contribution in [-0.4, -0.2) is 12.8 Å². The number of ether oxygens (including phenoxy) is 2. The molecule has 0 N–H and O–H groups in total. The van der Waals surface area contributed by atoms with E-state index < -0.39 is 6.16 Å². The summed E-state index contributed by atoms with van der Waals surface area (Å²) in [6.45, 7) is 4.61. The minimum Gasteiger partial charge on any atom is -0.434 e. The molecule has 1 aromatic carbocycles. The van der Waals surface area contributed by atoms with Gasteiger partial charge in [0.05, 0.1) is 0 Å². The van der Waals surface area contributed by atoms with Crippen LogP contribution in [0.4, 0.5) is 4.79 Å². The van der Waals surface area contributed by atoms with Crippen molar-refractivity contribution in [1.29, 1.82) is 0 Å². The maximum Gasteiger partial charge on any atom is 0.508 e. The number of fused-ring (bicyclic) bond motifs is 3. The maximum absolute atomic E-state index is 11.2. The number of hydrogen-bond acceptors (Lipinski definition) is 3. The summed E-state index contributed by atoms with van der Waals surface area (Å²) in [5, 5.41) is 0. The molecule has 16 heavy (non-hydrogen) atoms. The number of rotatable bonds is 0. The van der Waals surface area contributed by atoms with Crippen molar-refractivity contribution in [1.82, 2.24) is 0 Å². The highest BCUT2D eigenvalue weighted by atomic mass is 16.7. The summed E-state index contributed by atoms with van der Waals surface area (Å²) in [7, 11) is 0. The lowest BCUT2D eigenvalue weighted by Crippen LogP contribution is -2.37. The zero-order valence-corrected chi connectivity index (χ0v) is 9.45. The van der Waals surface area contributed by atoms with E-state index in [4.69, 9.17) is 9.47 Å². The van der Waals surface area contributed by atoms with Crippen molar-refractivity contribution in [2.24, 2.45) is 5.41 Å². The van der Waals surface area contributed by atoms with E-state index in [-0.39, 0.29) is 11.5 Å². The first-order chi connectivity index (χ1) is 7.58. The third-order valence-corrected chi connectivity index (χ3v) is 3.54. The molecule has 0 saturated carbocycles. The molecule has 1 aliphatic carbocycles. The lowest BCUT2D eigenvalue weighted by Gasteiger charge is -2.34. The van der Waals surface area contributed by atoms with Crippen LogP contribution in [0, 0.1) is 12.3 Å². The van der Waals surface area contributed by atoms with Crippen LogP contribution in [0.15, 0.2) is 18.2 Å². The molecule has 2 aliphatic rings. The van der Waals surface area contributed by atoms with Gasteiger partial charge in [-0.2, -0.15) is 0 Å². The number of benzene rings is 1. The monoisotopic (exact) mass is 218 g/mol. The van der Waals surface area contributed by atoms with Gasteiger partial charge in [0, 0.05) is 5.41 Å². The molecule has 1 saturated heterocycles. The molecule has 3 rings (SSSR count). The summed E-state index contributed by atoms with van der Waals surface area (Å²) in [4.78, 5) is 11.2. The van der Waals surface area contributed by atoms with E-state index in [0.29, 0.717) is 6.61 Å². The normalized spacial score (nSPS) is 31.4. The van der Waals surface area contributed by atoms with E-state index in [0.717, 1.165) is 12.0 Å². The summed E-state index contributed by atoms with van der Waals surface area (Å²) < 4.78 is 10.3. The molecule has 0 bridgehead atoms. The van der Waals surface area contributed by atoms with Gasteiger partial charge < -0.3 is 9.47 Å². The molecule has 0 spiro atoms. The maximum atomic E-state index is 11.2. The van der Waals surface area contributed by atoms with Gasteiger partial charge >= 0.3 is 6.16 Å². The van der Waals surface area contributed by atoms with Gasteiger partial charge in [0.2, 0.25) is 0 Å². The van der Waals surface area contributed by atoms with Crippen LogP contribution >= 0.6 is 0 Å². The summed E-state index contributed by atoms with van der Waals surface area (Å²) in [6, 6.07) is 6.34. The van der Waals surface area contributed by atoms with Gasteiger partial charge in [-0.1, -0.05) is 30.7 Å². The van der Waals surface area contributed by atoms with Crippen molar-refractivity contribution in [2.75, 3.05) is 6.61 Å². The van der Waals surface area contributed by atoms with E-state index in [2.05, 4.69) is 32.0 Å². The molecule has 3 heteroatoms. The van der Waals surface area contributed by atoms with Gasteiger partial charge in [-0.3, -0.25) is 0 Å². The Bertz CT molecular complexity index is 466. The Hall–Kier alpha value is -1.51. The second-order valence-corrected chi connectivity index (χ2v) is 5.07. The first kappa shape index (κ1) is 9.70. The quantitative estimate of drug-likeness (QED) is 0.628. The van der Waals surface area contributed by atoms with E-state index >= 15 is 0 Å². The van der Waals surface area contributed by atoms with E-state index in [1.165, 1.54) is 11.1 Å². The molecule has 84 valence electrons. The Morgan fingerprint density at radius 1 is 1.44 bits per heavy atom. The van der Waals surface area contributed by atoms with Crippen LogP contribution in [0.5, 0.6) is 0 Å². The molecular weight excluding hydrogens is 204 g/mol. The molecule has 3 nitrogen and oxygen atoms in total. The van der Waals surface area contributed by atoms with E-state index in [1.54, 1.807) is 0 Å². The predicted octanol–water partition coefficient (Wildman–Crippen LogP) is 2.77. The standard InChI is InChI=1S/C13H14O3/c1-8-3-4-9-6-13(2)7-15-12(14)16-11(13)10(9)5-8/h3-5,11H,6-7H2,1-2H3. The van der Waals surface area contributed by atoms with Crippen molar-refractivity contribution >= 4 is 6.16 Å². The fourth-order valence-corrected chi connectivity index (χ4v) is 2.71. The molecule has 1 aliphatic heterocycles. The SMILES string of the molecule is Cc1ccc2c(c1)C1OC(=O)OCC1(C)C2. The van der Waals surface area contributed by atoms with Crippen LogP contribution in [0.1, 0.15) is 29.7 Å². The van der Waals surface area contributed by atoms with Crippen molar-refractivity contribution in [3.05, 3.63) is 34.9 Å². The Balaban J connectivity index is 2.08. The third kappa shape index (κ3) is 1.24. The first-order valence-electron chi connectivity index (χ1n) is 5.51. The van der Waals surface area contributed by atoms with Gasteiger partial charge in [0.1, 0.15) is 12.7 Å². The summed E-state index contributed by atoms with van der Waals surface area (Å²) in [5.41, 5.74) is 3.53. The summed E-state index contributed by atoms with van der Waals surface area (Å²) in [5.74, 6) is 0. The smallest absolute Gasteiger partial charge is 0.434 e. The van der Waals surface area contributed by atoms with Crippen molar-refractivity contribution in [3.63, 3.8) is 0 Å². The van der Waals surface area contributed by atoms with Crippen LogP contribution in [0.2, 0.25) is 0 Å². The fraction of sp³-hybridized carbons (Fsp3) is 0.462. The number of cyclic esters (lactones) is 1. The van der Waals surface area contributed by atoms with Gasteiger partial charge in [-0.25, -0.2) is 4.79 Å². The highest BCUT2D eigenvalue weighted by molar-refractivity contribution is 5.62. The molecule has 1 aromatic rings. The van der Waals surface area contributed by atoms with Gasteiger partial charge in [0.25, 0.3) is 0 Å².